The molecule has 6 nitrogen and oxygen atoms in total. The third-order valence-corrected chi connectivity index (χ3v) is 3.73. The van der Waals surface area contributed by atoms with E-state index in [9.17, 15) is 0 Å². The van der Waals surface area contributed by atoms with Crippen LogP contribution in [0.5, 0.6) is 11.5 Å². The molecule has 2 aromatic rings. The molecule has 1 N–H and O–H groups in total. The van der Waals surface area contributed by atoms with E-state index in [0.29, 0.717) is 22.9 Å². The topological polar surface area (TPSA) is 64.4 Å². The number of aromatic amines is 1. The number of aryl methyl sites for hydroxylation is 1. The minimum absolute atomic E-state index is 0.483. The number of nitrogens with one attached hydrogen (secondary N) is 1. The van der Waals surface area contributed by atoms with Crippen molar-refractivity contribution in [1.82, 2.24) is 14.9 Å². The summed E-state index contributed by atoms with van der Waals surface area (Å²) in [6, 6.07) is 5.72. The van der Waals surface area contributed by atoms with Gasteiger partial charge >= 0.3 is 0 Å². The van der Waals surface area contributed by atoms with E-state index in [2.05, 4.69) is 29.1 Å². The zero-order valence-corrected chi connectivity index (χ0v) is 15.2. The minimum atomic E-state index is 0.483. The summed E-state index contributed by atoms with van der Waals surface area (Å²) in [5.41, 5.74) is 0.840. The molecular weight excluding hydrogens is 324 g/mol. The Balaban J connectivity index is 2.32. The van der Waals surface area contributed by atoms with Crippen molar-refractivity contribution >= 4 is 18.4 Å². The minimum Gasteiger partial charge on any atom is -0.493 e. The van der Waals surface area contributed by atoms with Gasteiger partial charge in [0.05, 0.1) is 19.9 Å². The quantitative estimate of drug-likeness (QED) is 0.550. The van der Waals surface area contributed by atoms with Gasteiger partial charge < -0.3 is 9.47 Å². The van der Waals surface area contributed by atoms with Gasteiger partial charge in [-0.05, 0) is 37.2 Å². The van der Waals surface area contributed by atoms with E-state index in [0.717, 1.165) is 37.1 Å². The lowest BCUT2D eigenvalue weighted by Crippen LogP contribution is -2.03. The molecule has 2 rings (SSSR count). The zero-order chi connectivity index (χ0) is 17.4. The van der Waals surface area contributed by atoms with Gasteiger partial charge in [0.25, 0.3) is 0 Å². The molecular formula is C17H24N4O2S. The summed E-state index contributed by atoms with van der Waals surface area (Å²) >= 11 is 5.27. The molecule has 7 heteroatoms. The summed E-state index contributed by atoms with van der Waals surface area (Å²) < 4.78 is 13.4. The molecule has 1 aromatic carbocycles. The number of aromatic nitrogens is 3. The van der Waals surface area contributed by atoms with E-state index in [1.54, 1.807) is 18.0 Å². The van der Waals surface area contributed by atoms with E-state index in [-0.39, 0.29) is 0 Å². The van der Waals surface area contributed by atoms with E-state index in [1.165, 1.54) is 0 Å². The van der Waals surface area contributed by atoms with E-state index in [4.69, 9.17) is 21.7 Å². The molecule has 0 radical (unpaired) electrons. The summed E-state index contributed by atoms with van der Waals surface area (Å²) in [7, 11) is 1.63. The highest BCUT2D eigenvalue weighted by molar-refractivity contribution is 7.71. The van der Waals surface area contributed by atoms with E-state index >= 15 is 0 Å². The average molecular weight is 348 g/mol. The van der Waals surface area contributed by atoms with Crippen LogP contribution in [0.1, 0.15) is 44.5 Å². The predicted octanol–water partition coefficient (Wildman–Crippen LogP) is 3.96. The van der Waals surface area contributed by atoms with Crippen LogP contribution < -0.4 is 9.47 Å². The van der Waals surface area contributed by atoms with Gasteiger partial charge in [0.15, 0.2) is 17.3 Å². The van der Waals surface area contributed by atoms with Crippen LogP contribution in [0.15, 0.2) is 23.3 Å². The normalized spacial score (nSPS) is 11.1. The van der Waals surface area contributed by atoms with Gasteiger partial charge in [-0.1, -0.05) is 26.3 Å². The van der Waals surface area contributed by atoms with Gasteiger partial charge in [-0.15, -0.1) is 0 Å². The number of para-hydroxylation sites is 1. The maximum absolute atomic E-state index is 5.83. The van der Waals surface area contributed by atoms with Crippen molar-refractivity contribution in [1.29, 1.82) is 0 Å². The lowest BCUT2D eigenvalue weighted by Gasteiger charge is -2.12. The number of hydrogen-bond acceptors (Lipinski definition) is 5. The molecule has 0 fully saturated rings. The van der Waals surface area contributed by atoms with Crippen LogP contribution in [0.2, 0.25) is 0 Å². The lowest BCUT2D eigenvalue weighted by atomic mass is 10.2. The van der Waals surface area contributed by atoms with Crippen LogP contribution in [0.25, 0.3) is 0 Å². The van der Waals surface area contributed by atoms with Crippen molar-refractivity contribution in [2.75, 3.05) is 13.7 Å². The molecule has 0 aliphatic heterocycles. The van der Waals surface area contributed by atoms with Crippen LogP contribution in [0.4, 0.5) is 0 Å². The number of H-pyrrole nitrogens is 1. The predicted molar refractivity (Wildman–Crippen MR) is 97.8 cm³/mol. The highest BCUT2D eigenvalue weighted by Gasteiger charge is 2.10. The molecule has 0 atom stereocenters. The van der Waals surface area contributed by atoms with Crippen LogP contribution >= 0.6 is 12.2 Å². The third kappa shape index (κ3) is 4.44. The number of benzene rings is 1. The Bertz CT molecular complexity index is 736. The van der Waals surface area contributed by atoms with Crippen molar-refractivity contribution < 1.29 is 9.47 Å². The third-order valence-electron chi connectivity index (χ3n) is 3.46. The summed E-state index contributed by atoms with van der Waals surface area (Å²) in [4.78, 5) is 0. The highest BCUT2D eigenvalue weighted by atomic mass is 32.1. The van der Waals surface area contributed by atoms with Crippen molar-refractivity contribution in [3.8, 4) is 11.5 Å². The Morgan fingerprint density at radius 3 is 2.88 bits per heavy atom. The summed E-state index contributed by atoms with van der Waals surface area (Å²) in [5.74, 6) is 2.21. The molecule has 0 aliphatic rings. The van der Waals surface area contributed by atoms with Gasteiger partial charge in [0, 0.05) is 12.0 Å². The standard InChI is InChI=1S/C17H24N4O2S/c1-4-6-10-15-19-20-17(24)21(15)18-12-13-8-7-9-14(22-3)16(13)23-11-5-2/h7-9,12H,4-6,10-11H2,1-3H3,(H,20,24)/b18-12-. The molecule has 0 amide bonds. The zero-order valence-electron chi connectivity index (χ0n) is 14.4. The number of hydrogen-bond donors (Lipinski definition) is 1. The fourth-order valence-corrected chi connectivity index (χ4v) is 2.41. The van der Waals surface area contributed by atoms with Crippen molar-refractivity contribution in [3.05, 3.63) is 34.4 Å². The largest absolute Gasteiger partial charge is 0.493 e. The summed E-state index contributed by atoms with van der Waals surface area (Å²) in [5, 5.41) is 11.5. The highest BCUT2D eigenvalue weighted by Crippen LogP contribution is 2.30. The van der Waals surface area contributed by atoms with Crippen LogP contribution in [0.3, 0.4) is 0 Å². The first-order valence-corrected chi connectivity index (χ1v) is 8.62. The van der Waals surface area contributed by atoms with Gasteiger partial charge in [-0.2, -0.15) is 14.9 Å². The Kier molecular flexibility index (Phi) is 6.99. The van der Waals surface area contributed by atoms with Gasteiger partial charge in [-0.25, -0.2) is 0 Å². The Labute approximate surface area is 147 Å². The molecule has 0 saturated heterocycles. The second-order valence-corrected chi connectivity index (χ2v) is 5.72. The first-order chi connectivity index (χ1) is 11.7. The smallest absolute Gasteiger partial charge is 0.216 e. The Hall–Kier alpha value is -2.15. The Morgan fingerprint density at radius 2 is 2.17 bits per heavy atom. The van der Waals surface area contributed by atoms with Gasteiger partial charge in [0.2, 0.25) is 4.77 Å². The van der Waals surface area contributed by atoms with Crippen LogP contribution in [-0.4, -0.2) is 34.8 Å². The molecule has 1 aromatic heterocycles. The SMILES string of the molecule is CCCCc1n[nH]c(=S)n1/N=C\c1cccc(OC)c1OCCC. The molecule has 0 unspecified atom stereocenters. The monoisotopic (exact) mass is 348 g/mol. The van der Waals surface area contributed by atoms with Crippen LogP contribution in [0, 0.1) is 4.77 Å². The Morgan fingerprint density at radius 1 is 1.33 bits per heavy atom. The van der Waals surface area contributed by atoms with E-state index < -0.39 is 0 Å². The molecule has 0 aliphatic carbocycles. The summed E-state index contributed by atoms with van der Waals surface area (Å²) in [6.07, 6.45) is 5.61. The van der Waals surface area contributed by atoms with Gasteiger partial charge in [-0.3, -0.25) is 5.10 Å². The molecule has 24 heavy (non-hydrogen) atoms. The van der Waals surface area contributed by atoms with Crippen LogP contribution in [-0.2, 0) is 6.42 Å². The molecule has 1 heterocycles. The fourth-order valence-electron chi connectivity index (χ4n) is 2.21. The maximum atomic E-state index is 5.83. The van der Waals surface area contributed by atoms with Crippen molar-refractivity contribution in [3.63, 3.8) is 0 Å². The number of methoxy groups -OCH3 is 1. The number of rotatable bonds is 9. The second kappa shape index (κ2) is 9.22. The molecule has 0 saturated carbocycles. The van der Waals surface area contributed by atoms with Gasteiger partial charge in [0.1, 0.15) is 0 Å². The van der Waals surface area contributed by atoms with E-state index in [1.807, 2.05) is 18.2 Å². The van der Waals surface area contributed by atoms with Crippen molar-refractivity contribution in [2.24, 2.45) is 5.10 Å². The first kappa shape index (κ1) is 18.2. The molecule has 130 valence electrons. The average Bonchev–Trinajstić information content (AvgIpc) is 2.96. The maximum Gasteiger partial charge on any atom is 0.216 e. The summed E-state index contributed by atoms with van der Waals surface area (Å²) in [6.45, 7) is 4.82. The number of nitrogens with zero attached hydrogens (tertiary/aromatic N) is 3. The number of ether oxygens (including phenoxy) is 2. The fraction of sp³-hybridized carbons (Fsp3) is 0.471. The molecule has 0 bridgehead atoms. The van der Waals surface area contributed by atoms with Crippen molar-refractivity contribution in [2.45, 2.75) is 39.5 Å². The number of unbranched alkanes of at least 4 members (excludes halogenated alkanes) is 1. The second-order valence-electron chi connectivity index (χ2n) is 5.33. The lowest BCUT2D eigenvalue weighted by molar-refractivity contribution is 0.294. The molecule has 0 spiro atoms. The first-order valence-electron chi connectivity index (χ1n) is 8.21.